The van der Waals surface area contributed by atoms with Gasteiger partial charge in [0, 0.05) is 10.8 Å². The molecule has 4 N–H and O–H groups in total. The second-order valence-electron chi connectivity index (χ2n) is 4.53. The first kappa shape index (κ1) is 15.9. The number of aromatic nitrogens is 2. The Balaban J connectivity index is 2.33. The van der Waals surface area contributed by atoms with E-state index in [1.165, 1.54) is 19.2 Å². The van der Waals surface area contributed by atoms with Gasteiger partial charge >= 0.3 is 13.9 Å². The topological polar surface area (TPSA) is 137 Å². The maximum atomic E-state index is 14.4. The van der Waals surface area contributed by atoms with Crippen LogP contribution in [0.2, 0.25) is 0 Å². The van der Waals surface area contributed by atoms with Crippen molar-refractivity contribution in [3.8, 4) is 0 Å². The number of aliphatic hydroxyl groups excluding tert-OH is 1. The van der Waals surface area contributed by atoms with Crippen LogP contribution in [0.5, 0.6) is 0 Å². The SMILES string of the molecule is C[C@@H](O)[C@H]1O[C@@H](n2ccc(N)nc2=O)C(F)[C@H]1O[P+](=O)O. The van der Waals surface area contributed by atoms with Crippen molar-refractivity contribution in [1.82, 2.24) is 9.55 Å². The summed E-state index contributed by atoms with van der Waals surface area (Å²) in [5.41, 5.74) is 4.49. The second kappa shape index (κ2) is 6.12. The number of rotatable bonds is 4. The molecule has 0 amide bonds. The van der Waals surface area contributed by atoms with Crippen molar-refractivity contribution >= 4 is 14.1 Å². The van der Waals surface area contributed by atoms with Crippen molar-refractivity contribution in [3.05, 3.63) is 22.7 Å². The molecule has 0 aliphatic carbocycles. The highest BCUT2D eigenvalue weighted by Crippen LogP contribution is 2.38. The standard InChI is InChI=1S/C10H13FN3O6P/c1-4(15)7-8(20-21(17)18)6(11)9(19-7)14-3-2-5(12)13-10(14)16/h2-4,6-9,15H,1H3,(H2-,12,13,16,17,18)/p+1/t4-,6?,7-,8-,9-/m1/s1. The molecular formula is C10H14FN3O6P+. The van der Waals surface area contributed by atoms with Crippen LogP contribution in [0.1, 0.15) is 13.2 Å². The van der Waals surface area contributed by atoms with Gasteiger partial charge in [0.15, 0.2) is 18.5 Å². The van der Waals surface area contributed by atoms with Crippen LogP contribution in [0, 0.1) is 0 Å². The summed E-state index contributed by atoms with van der Waals surface area (Å²) in [5.74, 6) is -0.0389. The van der Waals surface area contributed by atoms with Gasteiger partial charge in [0.05, 0.1) is 6.10 Å². The summed E-state index contributed by atoms with van der Waals surface area (Å²) in [4.78, 5) is 23.9. The Hall–Kier alpha value is -1.45. The normalized spacial score (nSPS) is 31.1. The molecule has 0 aromatic carbocycles. The fourth-order valence-corrected chi connectivity index (χ4v) is 2.55. The molecule has 2 heterocycles. The number of nitrogens with zero attached hydrogens (tertiary/aromatic N) is 2. The van der Waals surface area contributed by atoms with Gasteiger partial charge in [-0.15, -0.1) is 9.42 Å². The molecule has 2 rings (SSSR count). The van der Waals surface area contributed by atoms with Crippen LogP contribution in [0.25, 0.3) is 0 Å². The molecule has 1 aliphatic heterocycles. The van der Waals surface area contributed by atoms with Gasteiger partial charge in [0.1, 0.15) is 11.9 Å². The summed E-state index contributed by atoms with van der Waals surface area (Å²) in [5, 5.41) is 9.56. The van der Waals surface area contributed by atoms with Crippen LogP contribution < -0.4 is 11.4 Å². The molecule has 11 heteroatoms. The lowest BCUT2D eigenvalue weighted by atomic mass is 10.1. The number of ether oxygens (including phenoxy) is 1. The maximum Gasteiger partial charge on any atom is 0.695 e. The number of hydrogen-bond donors (Lipinski definition) is 3. The minimum absolute atomic E-state index is 0.0389. The van der Waals surface area contributed by atoms with Gasteiger partial charge in [-0.1, -0.05) is 0 Å². The Kier molecular flexibility index (Phi) is 4.64. The third-order valence-corrected chi connectivity index (χ3v) is 3.44. The molecule has 1 aromatic rings. The number of hydrogen-bond acceptors (Lipinski definition) is 7. The Morgan fingerprint density at radius 1 is 1.67 bits per heavy atom. The predicted molar refractivity (Wildman–Crippen MR) is 68.1 cm³/mol. The van der Waals surface area contributed by atoms with E-state index in [9.17, 15) is 18.9 Å². The summed E-state index contributed by atoms with van der Waals surface area (Å²) >= 11 is 0. The van der Waals surface area contributed by atoms with Crippen molar-refractivity contribution in [3.63, 3.8) is 0 Å². The summed E-state index contributed by atoms with van der Waals surface area (Å²) in [6, 6.07) is 1.27. The highest BCUT2D eigenvalue weighted by atomic mass is 31.1. The number of anilines is 1. The molecule has 21 heavy (non-hydrogen) atoms. The third kappa shape index (κ3) is 3.25. The molecule has 0 spiro atoms. The van der Waals surface area contributed by atoms with Gasteiger partial charge in [0.25, 0.3) is 0 Å². The van der Waals surface area contributed by atoms with Crippen molar-refractivity contribution in [2.75, 3.05) is 5.73 Å². The van der Waals surface area contributed by atoms with Crippen LogP contribution in [0.3, 0.4) is 0 Å². The molecule has 6 atom stereocenters. The monoisotopic (exact) mass is 322 g/mol. The number of halogens is 1. The third-order valence-electron chi connectivity index (χ3n) is 3.02. The summed E-state index contributed by atoms with van der Waals surface area (Å²) in [6.45, 7) is 1.31. The fourth-order valence-electron chi connectivity index (χ4n) is 2.11. The van der Waals surface area contributed by atoms with Crippen LogP contribution in [0.4, 0.5) is 10.2 Å². The van der Waals surface area contributed by atoms with Crippen molar-refractivity contribution in [2.45, 2.75) is 37.6 Å². The molecule has 0 bridgehead atoms. The highest BCUT2D eigenvalue weighted by Gasteiger charge is 2.53. The number of nitrogens with two attached hydrogens (primary N) is 1. The highest BCUT2D eigenvalue weighted by molar-refractivity contribution is 7.32. The minimum atomic E-state index is -3.09. The molecule has 1 aromatic heterocycles. The van der Waals surface area contributed by atoms with E-state index in [4.69, 9.17) is 15.4 Å². The first-order valence-electron chi connectivity index (χ1n) is 5.96. The first-order valence-corrected chi connectivity index (χ1v) is 7.09. The first-order chi connectivity index (χ1) is 9.81. The van der Waals surface area contributed by atoms with Crippen molar-refractivity contribution < 1.29 is 28.2 Å². The van der Waals surface area contributed by atoms with Gasteiger partial charge in [-0.25, -0.2) is 9.18 Å². The Morgan fingerprint density at radius 3 is 2.86 bits per heavy atom. The molecule has 9 nitrogen and oxygen atoms in total. The van der Waals surface area contributed by atoms with Gasteiger partial charge < -0.3 is 15.6 Å². The van der Waals surface area contributed by atoms with Gasteiger partial charge in [-0.05, 0) is 13.0 Å². The smallest absolute Gasteiger partial charge is 0.391 e. The average Bonchev–Trinajstić information content (AvgIpc) is 2.67. The largest absolute Gasteiger partial charge is 0.695 e. The summed E-state index contributed by atoms with van der Waals surface area (Å²) < 4.78 is 35.8. The molecule has 1 fully saturated rings. The lowest BCUT2D eigenvalue weighted by Crippen LogP contribution is -2.37. The Morgan fingerprint density at radius 2 is 2.33 bits per heavy atom. The number of nitrogen functional groups attached to an aromatic ring is 1. The molecule has 1 aliphatic rings. The van der Waals surface area contributed by atoms with Crippen LogP contribution >= 0.6 is 8.25 Å². The molecule has 2 unspecified atom stereocenters. The summed E-state index contributed by atoms with van der Waals surface area (Å²) in [7, 11) is -3.09. The molecule has 1 saturated heterocycles. The van der Waals surface area contributed by atoms with Crippen LogP contribution in [-0.4, -0.2) is 44.0 Å². The van der Waals surface area contributed by atoms with Gasteiger partial charge in [0.2, 0.25) is 0 Å². The zero-order valence-electron chi connectivity index (χ0n) is 10.9. The average molecular weight is 322 g/mol. The predicted octanol–water partition coefficient (Wildman–Crippen LogP) is -0.523. The quantitative estimate of drug-likeness (QED) is 0.630. The van der Waals surface area contributed by atoms with Crippen molar-refractivity contribution in [1.29, 1.82) is 0 Å². The van der Waals surface area contributed by atoms with E-state index in [1.807, 2.05) is 0 Å². The molecule has 0 radical (unpaired) electrons. The minimum Gasteiger partial charge on any atom is -0.391 e. The van der Waals surface area contributed by atoms with E-state index in [-0.39, 0.29) is 5.82 Å². The number of alkyl halides is 1. The fraction of sp³-hybridized carbons (Fsp3) is 0.600. The van der Waals surface area contributed by atoms with E-state index in [0.29, 0.717) is 0 Å². The Bertz CT molecular complexity index is 596. The van der Waals surface area contributed by atoms with E-state index in [0.717, 1.165) is 4.57 Å². The van der Waals surface area contributed by atoms with Gasteiger partial charge in [-0.2, -0.15) is 4.98 Å². The van der Waals surface area contributed by atoms with E-state index < -0.39 is 44.7 Å². The van der Waals surface area contributed by atoms with Crippen LogP contribution in [-0.2, 0) is 13.8 Å². The maximum absolute atomic E-state index is 14.4. The molecule has 0 saturated carbocycles. The van der Waals surface area contributed by atoms with Gasteiger partial charge in [-0.3, -0.25) is 4.57 Å². The number of aliphatic hydroxyl groups is 1. The Labute approximate surface area is 119 Å². The lowest BCUT2D eigenvalue weighted by molar-refractivity contribution is -0.0756. The zero-order chi connectivity index (χ0) is 15.7. The zero-order valence-corrected chi connectivity index (χ0v) is 11.8. The van der Waals surface area contributed by atoms with Crippen LogP contribution in [0.15, 0.2) is 17.1 Å². The summed E-state index contributed by atoms with van der Waals surface area (Å²) in [6.07, 6.45) is -6.08. The second-order valence-corrected chi connectivity index (χ2v) is 5.21. The lowest BCUT2D eigenvalue weighted by Gasteiger charge is -2.17. The molecular weight excluding hydrogens is 308 g/mol. The van der Waals surface area contributed by atoms with Crippen molar-refractivity contribution in [2.24, 2.45) is 0 Å². The molecule has 116 valence electrons. The van der Waals surface area contributed by atoms with E-state index in [1.54, 1.807) is 0 Å². The van der Waals surface area contributed by atoms with E-state index in [2.05, 4.69) is 9.51 Å². The van der Waals surface area contributed by atoms with E-state index >= 15 is 0 Å².